The molecule has 7 rings (SSSR count). The van der Waals surface area contributed by atoms with Crippen LogP contribution in [0.4, 0.5) is 0 Å². The molecule has 3 aliphatic carbocycles. The molecule has 0 aromatic carbocycles. The zero-order valence-electron chi connectivity index (χ0n) is 23.8. The molecule has 4 saturated heterocycles. The maximum absolute atomic E-state index is 12.2. The average molecular weight is 569 g/mol. The van der Waals surface area contributed by atoms with E-state index in [1.807, 2.05) is 0 Å². The molecule has 8 atom stereocenters. The van der Waals surface area contributed by atoms with E-state index < -0.39 is 25.4 Å². The molecule has 0 radical (unpaired) electrons. The van der Waals surface area contributed by atoms with Crippen molar-refractivity contribution in [3.05, 3.63) is 0 Å². The molecular formula is C28H52O6Si3. The lowest BCUT2D eigenvalue weighted by atomic mass is 9.79. The predicted octanol–water partition coefficient (Wildman–Crippen LogP) is 6.23. The molecule has 8 unspecified atom stereocenters. The van der Waals surface area contributed by atoms with E-state index in [4.69, 9.17) is 22.4 Å². The standard InChI is InChI=1S/C28H52O6Si3/c1-35(2,12-9-20-5-7-25-27(17-20)31-25)33-37(29,14-11-22-15-23-19-24(16-22)30-23)34-36(3,4)13-10-21-6-8-26-28(18-21)32-26/h20-29H,5-19H2,1-4H3. The topological polar surface area (TPSA) is 73.0 Å². The molecule has 212 valence electrons. The lowest BCUT2D eigenvalue weighted by Gasteiger charge is -2.46. The van der Waals surface area contributed by atoms with Crippen molar-refractivity contribution < 1.29 is 27.2 Å². The number of hydrogen-bond donors (Lipinski definition) is 1. The van der Waals surface area contributed by atoms with Gasteiger partial charge in [0, 0.05) is 6.04 Å². The van der Waals surface area contributed by atoms with Crippen molar-refractivity contribution in [1.29, 1.82) is 0 Å². The molecule has 1 N–H and O–H groups in total. The summed E-state index contributed by atoms with van der Waals surface area (Å²) in [5.74, 6) is 2.18. The minimum atomic E-state index is -3.26. The number of fused-ring (bicyclic) bond motifs is 4. The molecule has 2 bridgehead atoms. The molecule has 37 heavy (non-hydrogen) atoms. The summed E-state index contributed by atoms with van der Waals surface area (Å²) in [5.41, 5.74) is 0. The summed E-state index contributed by atoms with van der Waals surface area (Å²) in [6.07, 6.45) is 17.7. The van der Waals surface area contributed by atoms with Gasteiger partial charge in [0.1, 0.15) is 0 Å². The minimum Gasteiger partial charge on any atom is -0.416 e. The van der Waals surface area contributed by atoms with E-state index in [9.17, 15) is 4.80 Å². The summed E-state index contributed by atoms with van der Waals surface area (Å²) < 4.78 is 31.2. The Morgan fingerprint density at radius 2 is 1.03 bits per heavy atom. The summed E-state index contributed by atoms with van der Waals surface area (Å²) in [7, 11) is -7.37. The maximum Gasteiger partial charge on any atom is 0.477 e. The normalized spacial score (nSPS) is 42.2. The Hall–Kier alpha value is 0.411. The van der Waals surface area contributed by atoms with Crippen LogP contribution in [0.2, 0.25) is 44.3 Å². The van der Waals surface area contributed by atoms with Crippen molar-refractivity contribution >= 4 is 25.4 Å². The maximum atomic E-state index is 12.2. The highest BCUT2D eigenvalue weighted by molar-refractivity contribution is 6.86. The van der Waals surface area contributed by atoms with Gasteiger partial charge in [-0.25, -0.2) is 0 Å². The summed E-state index contributed by atoms with van der Waals surface area (Å²) in [4.78, 5) is 12.2. The number of rotatable bonds is 13. The van der Waals surface area contributed by atoms with Gasteiger partial charge in [0.2, 0.25) is 0 Å². The Labute approximate surface area is 228 Å². The lowest BCUT2D eigenvalue weighted by molar-refractivity contribution is -0.173. The molecule has 0 spiro atoms. The van der Waals surface area contributed by atoms with Crippen LogP contribution in [-0.2, 0) is 22.4 Å². The number of ether oxygens (including phenoxy) is 3. The highest BCUT2D eigenvalue weighted by Crippen LogP contribution is 2.44. The molecule has 7 aliphatic rings. The Bertz CT molecular complexity index is 749. The van der Waals surface area contributed by atoms with Gasteiger partial charge in [-0.1, -0.05) is 12.8 Å². The van der Waals surface area contributed by atoms with Gasteiger partial charge < -0.3 is 27.2 Å². The predicted molar refractivity (Wildman–Crippen MR) is 151 cm³/mol. The second-order valence-corrected chi connectivity index (χ2v) is 26.4. The third-order valence-corrected chi connectivity index (χ3v) is 21.3. The zero-order valence-corrected chi connectivity index (χ0v) is 26.8. The lowest BCUT2D eigenvalue weighted by Crippen LogP contribution is -2.57. The summed E-state index contributed by atoms with van der Waals surface area (Å²) in [6, 6.07) is 2.95. The Morgan fingerprint density at radius 1 is 0.568 bits per heavy atom. The van der Waals surface area contributed by atoms with E-state index in [1.54, 1.807) is 0 Å². The van der Waals surface area contributed by atoms with Crippen LogP contribution in [-0.4, -0.2) is 66.9 Å². The van der Waals surface area contributed by atoms with Crippen LogP contribution in [0.1, 0.15) is 77.0 Å². The molecule has 0 aromatic rings. The number of hydrogen-bond acceptors (Lipinski definition) is 6. The van der Waals surface area contributed by atoms with Gasteiger partial charge in [-0.3, -0.25) is 0 Å². The highest BCUT2D eigenvalue weighted by atomic mass is 28.5. The first-order valence-electron chi connectivity index (χ1n) is 15.6. The molecule has 7 fully saturated rings. The van der Waals surface area contributed by atoms with Crippen LogP contribution in [0.25, 0.3) is 0 Å². The molecule has 6 nitrogen and oxygen atoms in total. The number of epoxide rings is 2. The van der Waals surface area contributed by atoms with Gasteiger partial charge in [-0.2, -0.15) is 0 Å². The van der Waals surface area contributed by atoms with Crippen molar-refractivity contribution in [3.63, 3.8) is 0 Å². The van der Waals surface area contributed by atoms with E-state index >= 15 is 0 Å². The van der Waals surface area contributed by atoms with Crippen molar-refractivity contribution in [1.82, 2.24) is 0 Å². The minimum absolute atomic E-state index is 0.466. The Balaban J connectivity index is 1.04. The first-order chi connectivity index (χ1) is 17.5. The largest absolute Gasteiger partial charge is 0.477 e. The van der Waals surface area contributed by atoms with Crippen molar-refractivity contribution in [2.45, 2.75) is 158 Å². The molecule has 3 saturated carbocycles. The van der Waals surface area contributed by atoms with Crippen molar-refractivity contribution in [2.24, 2.45) is 17.8 Å². The van der Waals surface area contributed by atoms with Crippen LogP contribution in [0.5, 0.6) is 0 Å². The highest BCUT2D eigenvalue weighted by Gasteiger charge is 2.50. The zero-order chi connectivity index (χ0) is 25.8. The molecule has 4 heterocycles. The van der Waals surface area contributed by atoms with Crippen LogP contribution >= 0.6 is 0 Å². The first kappa shape index (κ1) is 27.6. The molecular weight excluding hydrogens is 517 g/mol. The quantitative estimate of drug-likeness (QED) is 0.210. The average Bonchev–Trinajstić information content (AvgIpc) is 3.73. The third-order valence-electron chi connectivity index (χ3n) is 10.4. The van der Waals surface area contributed by atoms with Gasteiger partial charge in [0.05, 0.1) is 36.6 Å². The van der Waals surface area contributed by atoms with E-state index in [-0.39, 0.29) is 0 Å². The van der Waals surface area contributed by atoms with Gasteiger partial charge >= 0.3 is 8.80 Å². The van der Waals surface area contributed by atoms with E-state index in [0.717, 1.165) is 49.2 Å². The molecule has 0 amide bonds. The Morgan fingerprint density at radius 3 is 1.49 bits per heavy atom. The fraction of sp³-hybridized carbons (Fsp3) is 1.00. The van der Waals surface area contributed by atoms with Crippen LogP contribution in [0.15, 0.2) is 0 Å². The van der Waals surface area contributed by atoms with Gasteiger partial charge in [0.15, 0.2) is 16.6 Å². The molecule has 9 heteroatoms. The van der Waals surface area contributed by atoms with Crippen LogP contribution in [0.3, 0.4) is 0 Å². The summed E-state index contributed by atoms with van der Waals surface area (Å²) in [6.45, 7) is 9.28. The fourth-order valence-corrected chi connectivity index (χ4v) is 20.1. The van der Waals surface area contributed by atoms with Gasteiger partial charge in [-0.15, -0.1) is 0 Å². The van der Waals surface area contributed by atoms with Gasteiger partial charge in [0.25, 0.3) is 0 Å². The summed E-state index contributed by atoms with van der Waals surface area (Å²) >= 11 is 0. The monoisotopic (exact) mass is 568 g/mol. The van der Waals surface area contributed by atoms with E-state index in [2.05, 4.69) is 26.2 Å². The van der Waals surface area contributed by atoms with Crippen LogP contribution < -0.4 is 0 Å². The van der Waals surface area contributed by atoms with E-state index in [0.29, 0.717) is 42.5 Å². The Kier molecular flexibility index (Phi) is 7.95. The second-order valence-electron chi connectivity index (χ2n) is 14.8. The molecule has 0 aromatic heterocycles. The van der Waals surface area contributed by atoms with Crippen molar-refractivity contribution in [2.75, 3.05) is 0 Å². The fourth-order valence-electron chi connectivity index (χ4n) is 8.01. The van der Waals surface area contributed by atoms with Crippen LogP contribution in [0, 0.1) is 17.8 Å². The first-order valence-corrected chi connectivity index (χ1v) is 23.8. The SMILES string of the molecule is C[Si](C)(CCC1CCC2OC2C1)O[Si](O)(CCC1CC2CC(C1)O2)O[Si](C)(C)CCC1CCC2OC2C1. The summed E-state index contributed by atoms with van der Waals surface area (Å²) in [5, 5.41) is 0. The smallest absolute Gasteiger partial charge is 0.416 e. The second kappa shape index (κ2) is 10.7. The van der Waals surface area contributed by atoms with Gasteiger partial charge in [-0.05, 0) is 120 Å². The third kappa shape index (κ3) is 7.38. The molecule has 4 aliphatic heterocycles. The van der Waals surface area contributed by atoms with Crippen molar-refractivity contribution in [3.8, 4) is 0 Å². The van der Waals surface area contributed by atoms with E-state index in [1.165, 1.54) is 57.8 Å².